The SMILES string of the molecule is Cn1nccc1-c1cc(NC(=O)c2ccc(F)cc2F)ccc1OCCN1CCCC1. The number of aromatic nitrogens is 2. The maximum atomic E-state index is 14.0. The van der Waals surface area contributed by atoms with Crippen LogP contribution < -0.4 is 10.1 Å². The Balaban J connectivity index is 1.55. The van der Waals surface area contributed by atoms with Gasteiger partial charge in [0, 0.05) is 37.1 Å². The third kappa shape index (κ3) is 4.91. The normalized spacial score (nSPS) is 14.0. The van der Waals surface area contributed by atoms with Crippen molar-refractivity contribution in [3.8, 4) is 17.0 Å². The number of ether oxygens (including phenoxy) is 1. The monoisotopic (exact) mass is 426 g/mol. The van der Waals surface area contributed by atoms with Crippen LogP contribution in [-0.4, -0.2) is 46.8 Å². The number of benzene rings is 2. The number of amides is 1. The lowest BCUT2D eigenvalue weighted by molar-refractivity contribution is 0.102. The van der Waals surface area contributed by atoms with Gasteiger partial charge >= 0.3 is 0 Å². The first kappa shape index (κ1) is 21.0. The summed E-state index contributed by atoms with van der Waals surface area (Å²) in [6, 6.07) is 9.96. The van der Waals surface area contributed by atoms with E-state index in [0.29, 0.717) is 24.1 Å². The molecule has 1 saturated heterocycles. The molecule has 0 radical (unpaired) electrons. The fourth-order valence-corrected chi connectivity index (χ4v) is 3.73. The maximum Gasteiger partial charge on any atom is 0.258 e. The summed E-state index contributed by atoms with van der Waals surface area (Å²) in [4.78, 5) is 14.9. The van der Waals surface area contributed by atoms with Gasteiger partial charge in [-0.25, -0.2) is 8.78 Å². The fourth-order valence-electron chi connectivity index (χ4n) is 3.73. The van der Waals surface area contributed by atoms with Crippen LogP contribution in [0.1, 0.15) is 23.2 Å². The van der Waals surface area contributed by atoms with Gasteiger partial charge in [0.1, 0.15) is 24.0 Å². The quantitative estimate of drug-likeness (QED) is 0.618. The molecule has 0 bridgehead atoms. The van der Waals surface area contributed by atoms with Crippen LogP contribution in [0.15, 0.2) is 48.7 Å². The summed E-state index contributed by atoms with van der Waals surface area (Å²) in [5.41, 5.74) is 1.82. The van der Waals surface area contributed by atoms with E-state index in [0.717, 1.165) is 43.0 Å². The van der Waals surface area contributed by atoms with Crippen LogP contribution in [-0.2, 0) is 7.05 Å². The minimum absolute atomic E-state index is 0.227. The van der Waals surface area contributed by atoms with E-state index >= 15 is 0 Å². The van der Waals surface area contributed by atoms with Gasteiger partial charge in [0.05, 0.1) is 11.3 Å². The number of anilines is 1. The summed E-state index contributed by atoms with van der Waals surface area (Å²) in [5, 5.41) is 6.89. The minimum atomic E-state index is -0.911. The van der Waals surface area contributed by atoms with E-state index in [9.17, 15) is 13.6 Å². The third-order valence-electron chi connectivity index (χ3n) is 5.37. The van der Waals surface area contributed by atoms with Crippen LogP contribution in [0.2, 0.25) is 0 Å². The first-order valence-corrected chi connectivity index (χ1v) is 10.3. The van der Waals surface area contributed by atoms with Gasteiger partial charge in [0.25, 0.3) is 5.91 Å². The van der Waals surface area contributed by atoms with E-state index in [1.54, 1.807) is 29.1 Å². The van der Waals surface area contributed by atoms with Crippen molar-refractivity contribution in [3.63, 3.8) is 0 Å². The van der Waals surface area contributed by atoms with Gasteiger partial charge in [-0.2, -0.15) is 5.10 Å². The second-order valence-electron chi connectivity index (χ2n) is 7.53. The van der Waals surface area contributed by atoms with Crippen molar-refractivity contribution in [2.24, 2.45) is 7.05 Å². The molecule has 1 fully saturated rings. The standard InChI is InChI=1S/C23H24F2N4O2/c1-28-21(8-9-26-28)19-15-17(27-23(30)18-6-4-16(24)14-20(18)25)5-7-22(19)31-13-12-29-10-2-3-11-29/h4-9,14-15H,2-3,10-13H2,1H3,(H,27,30). The molecular formula is C23H24F2N4O2. The van der Waals surface area contributed by atoms with Crippen molar-refractivity contribution in [1.82, 2.24) is 14.7 Å². The van der Waals surface area contributed by atoms with Crippen LogP contribution in [0.25, 0.3) is 11.3 Å². The van der Waals surface area contributed by atoms with Crippen molar-refractivity contribution in [1.29, 1.82) is 0 Å². The Morgan fingerprint density at radius 3 is 2.65 bits per heavy atom. The van der Waals surface area contributed by atoms with Gasteiger partial charge < -0.3 is 10.1 Å². The average Bonchev–Trinajstić information content (AvgIpc) is 3.40. The zero-order valence-electron chi connectivity index (χ0n) is 17.3. The zero-order valence-corrected chi connectivity index (χ0v) is 17.3. The molecule has 1 aliphatic rings. The highest BCUT2D eigenvalue weighted by Gasteiger charge is 2.17. The third-order valence-corrected chi connectivity index (χ3v) is 5.37. The van der Waals surface area contributed by atoms with Gasteiger partial charge in [0.2, 0.25) is 0 Å². The van der Waals surface area contributed by atoms with Crippen molar-refractivity contribution in [3.05, 3.63) is 65.9 Å². The van der Waals surface area contributed by atoms with E-state index in [1.807, 2.05) is 13.1 Å². The molecular weight excluding hydrogens is 402 g/mol. The van der Waals surface area contributed by atoms with Gasteiger partial charge in [-0.15, -0.1) is 0 Å². The number of aryl methyl sites for hydroxylation is 1. The summed E-state index contributed by atoms with van der Waals surface area (Å²) in [6.07, 6.45) is 4.13. The molecule has 162 valence electrons. The second kappa shape index (κ2) is 9.26. The number of nitrogens with one attached hydrogen (secondary N) is 1. The number of hydrogen-bond donors (Lipinski definition) is 1. The van der Waals surface area contributed by atoms with Gasteiger partial charge in [-0.05, 0) is 62.3 Å². The topological polar surface area (TPSA) is 59.4 Å². The van der Waals surface area contributed by atoms with Crippen molar-refractivity contribution < 1.29 is 18.3 Å². The highest BCUT2D eigenvalue weighted by atomic mass is 19.1. The Kier molecular flexibility index (Phi) is 6.27. The summed E-state index contributed by atoms with van der Waals surface area (Å²) in [7, 11) is 1.82. The number of hydrogen-bond acceptors (Lipinski definition) is 4. The summed E-state index contributed by atoms with van der Waals surface area (Å²) in [5.74, 6) is -1.63. The second-order valence-corrected chi connectivity index (χ2v) is 7.53. The molecule has 1 amide bonds. The first-order chi connectivity index (χ1) is 15.0. The largest absolute Gasteiger partial charge is 0.492 e. The minimum Gasteiger partial charge on any atom is -0.492 e. The van der Waals surface area contributed by atoms with E-state index in [-0.39, 0.29) is 5.56 Å². The molecule has 0 spiro atoms. The Hall–Kier alpha value is -3.26. The summed E-state index contributed by atoms with van der Waals surface area (Å²) >= 11 is 0. The molecule has 0 aliphatic carbocycles. The van der Waals surface area contributed by atoms with Crippen LogP contribution >= 0.6 is 0 Å². The Bertz CT molecular complexity index is 1080. The maximum absolute atomic E-state index is 14.0. The molecule has 1 aromatic heterocycles. The highest BCUT2D eigenvalue weighted by molar-refractivity contribution is 6.04. The number of halogens is 2. The molecule has 6 nitrogen and oxygen atoms in total. The van der Waals surface area contributed by atoms with E-state index < -0.39 is 17.5 Å². The zero-order chi connectivity index (χ0) is 21.8. The lowest BCUT2D eigenvalue weighted by atomic mass is 10.1. The molecule has 4 rings (SSSR count). The predicted molar refractivity (Wildman–Crippen MR) is 114 cm³/mol. The Morgan fingerprint density at radius 2 is 1.94 bits per heavy atom. The van der Waals surface area contributed by atoms with Crippen molar-refractivity contribution in [2.45, 2.75) is 12.8 Å². The van der Waals surface area contributed by atoms with E-state index in [2.05, 4.69) is 15.3 Å². The lowest BCUT2D eigenvalue weighted by Crippen LogP contribution is -2.25. The van der Waals surface area contributed by atoms with Gasteiger partial charge in [0.15, 0.2) is 0 Å². The lowest BCUT2D eigenvalue weighted by Gasteiger charge is -2.17. The van der Waals surface area contributed by atoms with Crippen molar-refractivity contribution >= 4 is 11.6 Å². The molecule has 1 N–H and O–H groups in total. The molecule has 0 unspecified atom stereocenters. The summed E-state index contributed by atoms with van der Waals surface area (Å²) < 4.78 is 34.9. The van der Waals surface area contributed by atoms with E-state index in [4.69, 9.17) is 4.74 Å². The van der Waals surface area contributed by atoms with Crippen LogP contribution in [0.4, 0.5) is 14.5 Å². The van der Waals surface area contributed by atoms with Crippen LogP contribution in [0.3, 0.4) is 0 Å². The number of carbonyl (C=O) groups is 1. The highest BCUT2D eigenvalue weighted by Crippen LogP contribution is 2.32. The van der Waals surface area contributed by atoms with Crippen LogP contribution in [0.5, 0.6) is 5.75 Å². The Morgan fingerprint density at radius 1 is 1.13 bits per heavy atom. The molecule has 2 aromatic carbocycles. The molecule has 0 atom stereocenters. The molecule has 0 saturated carbocycles. The number of likely N-dealkylation sites (tertiary alicyclic amines) is 1. The van der Waals surface area contributed by atoms with E-state index in [1.165, 1.54) is 12.8 Å². The molecule has 8 heteroatoms. The molecule has 2 heterocycles. The van der Waals surface area contributed by atoms with Gasteiger partial charge in [-0.3, -0.25) is 14.4 Å². The predicted octanol–water partition coefficient (Wildman–Crippen LogP) is 4.09. The summed E-state index contributed by atoms with van der Waals surface area (Å²) in [6.45, 7) is 3.61. The fraction of sp³-hybridized carbons (Fsp3) is 0.304. The van der Waals surface area contributed by atoms with Crippen molar-refractivity contribution in [2.75, 3.05) is 31.6 Å². The molecule has 1 aliphatic heterocycles. The number of nitrogens with zero attached hydrogens (tertiary/aromatic N) is 3. The average molecular weight is 426 g/mol. The van der Waals surface area contributed by atoms with Crippen LogP contribution in [0, 0.1) is 11.6 Å². The molecule has 31 heavy (non-hydrogen) atoms. The number of carbonyl (C=O) groups excluding carboxylic acids is 1. The number of rotatable bonds is 7. The first-order valence-electron chi connectivity index (χ1n) is 10.3. The molecule has 3 aromatic rings. The smallest absolute Gasteiger partial charge is 0.258 e. The Labute approximate surface area is 179 Å². The van der Waals surface area contributed by atoms with Gasteiger partial charge in [-0.1, -0.05) is 0 Å².